The van der Waals surface area contributed by atoms with Gasteiger partial charge in [-0.05, 0) is 60.9 Å². The minimum atomic E-state index is -0.550. The molecule has 1 aliphatic heterocycles. The Morgan fingerprint density at radius 1 is 1.10 bits per heavy atom. The van der Waals surface area contributed by atoms with Crippen molar-refractivity contribution in [2.75, 3.05) is 19.8 Å². The summed E-state index contributed by atoms with van der Waals surface area (Å²) in [5.74, 6) is 0.942. The maximum atomic E-state index is 12.4. The van der Waals surface area contributed by atoms with Gasteiger partial charge in [-0.3, -0.25) is 4.79 Å². The molecule has 1 aliphatic carbocycles. The molecule has 3 heterocycles. The van der Waals surface area contributed by atoms with E-state index in [4.69, 9.17) is 13.9 Å². The van der Waals surface area contributed by atoms with Crippen LogP contribution in [0.15, 0.2) is 34.1 Å². The lowest BCUT2D eigenvalue weighted by atomic mass is 9.96. The van der Waals surface area contributed by atoms with Gasteiger partial charge >= 0.3 is 5.97 Å². The number of carbonyl (C=O) groups is 2. The summed E-state index contributed by atoms with van der Waals surface area (Å²) in [6.45, 7) is 0.764. The predicted molar refractivity (Wildman–Crippen MR) is 113 cm³/mol. The van der Waals surface area contributed by atoms with Gasteiger partial charge in [0.2, 0.25) is 0 Å². The molecule has 0 unspecified atom stereocenters. The van der Waals surface area contributed by atoms with Gasteiger partial charge in [0.15, 0.2) is 13.2 Å². The molecule has 0 atom stereocenters. The largest absolute Gasteiger partial charge is 0.482 e. The summed E-state index contributed by atoms with van der Waals surface area (Å²) in [4.78, 5) is 27.5. The molecule has 1 aromatic carbocycles. The van der Waals surface area contributed by atoms with Gasteiger partial charge in [-0.25, -0.2) is 4.79 Å². The van der Waals surface area contributed by atoms with Crippen LogP contribution in [-0.4, -0.2) is 36.5 Å². The lowest BCUT2D eigenvalue weighted by Gasteiger charge is -2.26. The molecule has 1 amide bonds. The molecule has 0 N–H and O–H groups in total. The van der Waals surface area contributed by atoms with E-state index < -0.39 is 5.97 Å². The Bertz CT molecular complexity index is 1100. The Morgan fingerprint density at radius 2 is 2.00 bits per heavy atom. The van der Waals surface area contributed by atoms with Crippen molar-refractivity contribution >= 4 is 34.2 Å². The zero-order valence-corrected chi connectivity index (χ0v) is 17.5. The fraction of sp³-hybridized carbons (Fsp3) is 0.391. The normalized spacial score (nSPS) is 15.5. The topological polar surface area (TPSA) is 69.0 Å². The van der Waals surface area contributed by atoms with Gasteiger partial charge in [0.25, 0.3) is 5.91 Å². The van der Waals surface area contributed by atoms with Crippen molar-refractivity contribution in [3.8, 4) is 5.75 Å². The van der Waals surface area contributed by atoms with Crippen LogP contribution in [0, 0.1) is 0 Å². The molecule has 0 radical (unpaired) electrons. The maximum Gasteiger partial charge on any atom is 0.344 e. The Hall–Kier alpha value is -2.80. The summed E-state index contributed by atoms with van der Waals surface area (Å²) in [5.41, 5.74) is 3.30. The Labute approximate surface area is 178 Å². The average Bonchev–Trinajstić information content (AvgIpc) is 3.39. The smallest absolute Gasteiger partial charge is 0.344 e. The maximum absolute atomic E-state index is 12.4. The van der Waals surface area contributed by atoms with Crippen molar-refractivity contribution in [1.29, 1.82) is 0 Å². The SMILES string of the molecule is O=C(COc1ccc2oc3c(c2c1)CCCC3)OCC(=O)N1CCc2sccc2C1. The number of esters is 1. The van der Waals surface area contributed by atoms with Crippen molar-refractivity contribution in [1.82, 2.24) is 4.90 Å². The highest BCUT2D eigenvalue weighted by Gasteiger charge is 2.22. The number of carbonyl (C=O) groups excluding carboxylic acids is 2. The van der Waals surface area contributed by atoms with E-state index in [0.717, 1.165) is 48.8 Å². The van der Waals surface area contributed by atoms with Crippen LogP contribution in [0.4, 0.5) is 0 Å². The van der Waals surface area contributed by atoms with Gasteiger partial charge in [0.05, 0.1) is 0 Å². The minimum absolute atomic E-state index is 0.174. The highest BCUT2D eigenvalue weighted by atomic mass is 32.1. The Balaban J connectivity index is 1.13. The third-order valence-corrected chi connectivity index (χ3v) is 6.82. The van der Waals surface area contributed by atoms with Crippen molar-refractivity contribution in [2.24, 2.45) is 0 Å². The van der Waals surface area contributed by atoms with E-state index in [1.54, 1.807) is 22.3 Å². The molecule has 2 aromatic heterocycles. The van der Waals surface area contributed by atoms with E-state index in [1.165, 1.54) is 16.0 Å². The average molecular weight is 426 g/mol. The van der Waals surface area contributed by atoms with Crippen molar-refractivity contribution in [3.05, 3.63) is 51.4 Å². The first-order chi connectivity index (χ1) is 14.7. The van der Waals surface area contributed by atoms with Gasteiger partial charge in [-0.2, -0.15) is 0 Å². The first-order valence-corrected chi connectivity index (χ1v) is 11.2. The van der Waals surface area contributed by atoms with Crippen LogP contribution in [0.1, 0.15) is 34.6 Å². The first-order valence-electron chi connectivity index (χ1n) is 10.3. The monoisotopic (exact) mass is 425 g/mol. The number of hydrogen-bond acceptors (Lipinski definition) is 6. The zero-order valence-electron chi connectivity index (χ0n) is 16.6. The van der Waals surface area contributed by atoms with Crippen LogP contribution in [0.2, 0.25) is 0 Å². The van der Waals surface area contributed by atoms with Crippen LogP contribution in [-0.2, 0) is 40.1 Å². The number of thiophene rings is 1. The quantitative estimate of drug-likeness (QED) is 0.581. The standard InChI is InChI=1S/C23H23NO5S/c25-22(24-9-7-21-15(12-24)8-10-30-21)13-28-23(26)14-27-16-5-6-20-18(11-16)17-3-1-2-4-19(17)29-20/h5-6,8,10-11H,1-4,7,9,12-14H2. The predicted octanol–water partition coefficient (Wildman–Crippen LogP) is 3.88. The molecule has 2 aliphatic rings. The highest BCUT2D eigenvalue weighted by Crippen LogP contribution is 2.34. The second kappa shape index (κ2) is 8.14. The van der Waals surface area contributed by atoms with E-state index >= 15 is 0 Å². The van der Waals surface area contributed by atoms with Crippen molar-refractivity contribution in [3.63, 3.8) is 0 Å². The van der Waals surface area contributed by atoms with Crippen LogP contribution in [0.5, 0.6) is 5.75 Å². The molecule has 0 bridgehead atoms. The summed E-state index contributed by atoms with van der Waals surface area (Å²) < 4.78 is 16.7. The molecular formula is C23H23NO5S. The van der Waals surface area contributed by atoms with Crippen molar-refractivity contribution < 1.29 is 23.5 Å². The van der Waals surface area contributed by atoms with Crippen LogP contribution in [0.25, 0.3) is 11.0 Å². The van der Waals surface area contributed by atoms with E-state index in [-0.39, 0.29) is 19.1 Å². The molecule has 6 nitrogen and oxygen atoms in total. The summed E-state index contributed by atoms with van der Waals surface area (Å²) >= 11 is 1.72. The minimum Gasteiger partial charge on any atom is -0.482 e. The van der Waals surface area contributed by atoms with Gasteiger partial charge < -0.3 is 18.8 Å². The van der Waals surface area contributed by atoms with E-state index in [2.05, 4.69) is 0 Å². The second-order valence-electron chi connectivity index (χ2n) is 7.75. The Kier molecular flexibility index (Phi) is 5.21. The molecule has 30 heavy (non-hydrogen) atoms. The fourth-order valence-corrected chi connectivity index (χ4v) is 5.10. The summed E-state index contributed by atoms with van der Waals surface area (Å²) in [7, 11) is 0. The van der Waals surface area contributed by atoms with Gasteiger partial charge in [0, 0.05) is 35.3 Å². The molecular weight excluding hydrogens is 402 g/mol. The molecule has 0 saturated heterocycles. The van der Waals surface area contributed by atoms with Gasteiger partial charge in [-0.15, -0.1) is 11.3 Å². The molecule has 0 saturated carbocycles. The van der Waals surface area contributed by atoms with E-state index in [9.17, 15) is 9.59 Å². The molecule has 0 fully saturated rings. The molecule has 156 valence electrons. The number of fused-ring (bicyclic) bond motifs is 4. The Morgan fingerprint density at radius 3 is 2.93 bits per heavy atom. The lowest BCUT2D eigenvalue weighted by molar-refractivity contribution is -0.154. The number of hydrogen-bond donors (Lipinski definition) is 0. The molecule has 7 heteroatoms. The van der Waals surface area contributed by atoms with Gasteiger partial charge in [0.1, 0.15) is 17.1 Å². The van der Waals surface area contributed by atoms with E-state index in [1.807, 2.05) is 23.6 Å². The van der Waals surface area contributed by atoms with Crippen LogP contribution >= 0.6 is 11.3 Å². The van der Waals surface area contributed by atoms with E-state index in [0.29, 0.717) is 18.8 Å². The van der Waals surface area contributed by atoms with Gasteiger partial charge in [-0.1, -0.05) is 0 Å². The lowest BCUT2D eigenvalue weighted by Crippen LogP contribution is -2.38. The summed E-state index contributed by atoms with van der Waals surface area (Å²) in [6, 6.07) is 7.65. The number of nitrogens with zero attached hydrogens (tertiary/aromatic N) is 1. The molecule has 0 spiro atoms. The second-order valence-corrected chi connectivity index (χ2v) is 8.75. The number of rotatable bonds is 5. The number of furan rings is 1. The van der Waals surface area contributed by atoms with Crippen LogP contribution in [0.3, 0.4) is 0 Å². The molecule has 3 aromatic rings. The molecule has 5 rings (SSSR count). The van der Waals surface area contributed by atoms with Crippen LogP contribution < -0.4 is 4.74 Å². The summed E-state index contributed by atoms with van der Waals surface area (Å²) in [6.07, 6.45) is 5.17. The van der Waals surface area contributed by atoms with Crippen molar-refractivity contribution in [2.45, 2.75) is 38.6 Å². The number of ether oxygens (including phenoxy) is 2. The number of benzene rings is 1. The summed E-state index contributed by atoms with van der Waals surface area (Å²) in [5, 5.41) is 3.11. The number of aryl methyl sites for hydroxylation is 2. The third-order valence-electron chi connectivity index (χ3n) is 5.80. The highest BCUT2D eigenvalue weighted by molar-refractivity contribution is 7.10. The third kappa shape index (κ3) is 3.81. The zero-order chi connectivity index (χ0) is 20.5. The number of amides is 1. The fourth-order valence-electron chi connectivity index (χ4n) is 4.21. The first kappa shape index (κ1) is 19.2.